The Labute approximate surface area is 120 Å². The van der Waals surface area contributed by atoms with Crippen molar-refractivity contribution < 1.29 is 18.7 Å². The third-order valence-corrected chi connectivity index (χ3v) is 2.95. The van der Waals surface area contributed by atoms with Crippen LogP contribution in [-0.4, -0.2) is 52.2 Å². The number of benzene rings is 1. The number of aliphatic hydroxyl groups excluding tert-OH is 1. The van der Waals surface area contributed by atoms with Crippen LogP contribution in [0.15, 0.2) is 36.5 Å². The molecule has 1 amide bonds. The summed E-state index contributed by atoms with van der Waals surface area (Å²) in [5.41, 5.74) is 1.41. The fourth-order valence-electron chi connectivity index (χ4n) is 2.01. The van der Waals surface area contributed by atoms with Crippen LogP contribution < -0.4 is 0 Å². The molecule has 0 atom stereocenters. The molecule has 2 N–H and O–H groups in total. The Balaban J connectivity index is 2.29. The van der Waals surface area contributed by atoms with Crippen molar-refractivity contribution in [3.05, 3.63) is 42.1 Å². The highest BCUT2D eigenvalue weighted by atomic mass is 19.3. The van der Waals surface area contributed by atoms with Crippen molar-refractivity contribution >= 4 is 5.91 Å². The first-order chi connectivity index (χ1) is 10.1. The van der Waals surface area contributed by atoms with E-state index in [0.717, 1.165) is 10.5 Å². The highest BCUT2D eigenvalue weighted by Crippen LogP contribution is 2.22. The summed E-state index contributed by atoms with van der Waals surface area (Å²) in [6.45, 7) is -1.25. The Kier molecular flexibility index (Phi) is 4.99. The lowest BCUT2D eigenvalue weighted by Crippen LogP contribution is -2.37. The van der Waals surface area contributed by atoms with E-state index in [2.05, 4.69) is 10.2 Å². The Morgan fingerprint density at radius 2 is 2.05 bits per heavy atom. The third-order valence-electron chi connectivity index (χ3n) is 2.95. The molecule has 0 aliphatic carbocycles. The van der Waals surface area contributed by atoms with Crippen LogP contribution in [0, 0.1) is 0 Å². The first-order valence-corrected chi connectivity index (χ1v) is 6.40. The Morgan fingerprint density at radius 3 is 2.67 bits per heavy atom. The van der Waals surface area contributed by atoms with Crippen molar-refractivity contribution in [1.29, 1.82) is 0 Å². The Hall–Kier alpha value is -2.28. The Bertz CT molecular complexity index is 587. The van der Waals surface area contributed by atoms with Gasteiger partial charge in [0.25, 0.3) is 12.3 Å². The van der Waals surface area contributed by atoms with Crippen molar-refractivity contribution in [1.82, 2.24) is 15.1 Å². The first kappa shape index (κ1) is 15.1. The summed E-state index contributed by atoms with van der Waals surface area (Å²) in [6.07, 6.45) is -1.35. The molecule has 7 heteroatoms. The molecule has 1 aromatic carbocycles. The average Bonchev–Trinajstić information content (AvgIpc) is 2.96. The largest absolute Gasteiger partial charge is 0.395 e. The van der Waals surface area contributed by atoms with Gasteiger partial charge in [0.15, 0.2) is 0 Å². The molecular weight excluding hydrogens is 280 g/mol. The summed E-state index contributed by atoms with van der Waals surface area (Å²) in [5.74, 6) is -0.586. The zero-order chi connectivity index (χ0) is 15.2. The monoisotopic (exact) mass is 295 g/mol. The number of H-pyrrole nitrogens is 1. The predicted octanol–water partition coefficient (Wildman–Crippen LogP) is 1.78. The number of hydrogen-bond acceptors (Lipinski definition) is 3. The van der Waals surface area contributed by atoms with Gasteiger partial charge in [-0.1, -0.05) is 30.3 Å². The van der Waals surface area contributed by atoms with Gasteiger partial charge in [0.05, 0.1) is 30.6 Å². The van der Waals surface area contributed by atoms with Crippen molar-refractivity contribution in [2.75, 3.05) is 19.7 Å². The van der Waals surface area contributed by atoms with E-state index in [9.17, 15) is 13.6 Å². The lowest BCUT2D eigenvalue weighted by atomic mass is 10.1. The second-order valence-corrected chi connectivity index (χ2v) is 4.39. The number of amides is 1. The molecule has 0 radical (unpaired) electrons. The van der Waals surface area contributed by atoms with Crippen LogP contribution in [0.25, 0.3) is 11.3 Å². The van der Waals surface area contributed by atoms with E-state index < -0.39 is 18.9 Å². The molecule has 21 heavy (non-hydrogen) atoms. The van der Waals surface area contributed by atoms with Crippen LogP contribution in [-0.2, 0) is 0 Å². The number of carbonyl (C=O) groups is 1. The minimum Gasteiger partial charge on any atom is -0.395 e. The van der Waals surface area contributed by atoms with Gasteiger partial charge in [-0.2, -0.15) is 5.10 Å². The molecule has 0 spiro atoms. The van der Waals surface area contributed by atoms with Gasteiger partial charge in [-0.15, -0.1) is 0 Å². The number of rotatable bonds is 6. The maximum Gasteiger partial charge on any atom is 0.257 e. The van der Waals surface area contributed by atoms with Crippen LogP contribution in [0.1, 0.15) is 10.4 Å². The van der Waals surface area contributed by atoms with E-state index in [1.54, 1.807) is 24.3 Å². The van der Waals surface area contributed by atoms with E-state index in [1.807, 2.05) is 6.07 Å². The van der Waals surface area contributed by atoms with Crippen LogP contribution >= 0.6 is 0 Å². The van der Waals surface area contributed by atoms with Gasteiger partial charge in [0.1, 0.15) is 0 Å². The molecule has 5 nitrogen and oxygen atoms in total. The minimum absolute atomic E-state index is 0.150. The highest BCUT2D eigenvalue weighted by Gasteiger charge is 2.23. The van der Waals surface area contributed by atoms with E-state index >= 15 is 0 Å². The van der Waals surface area contributed by atoms with Gasteiger partial charge in [-0.05, 0) is 0 Å². The lowest BCUT2D eigenvalue weighted by molar-refractivity contribution is 0.0510. The van der Waals surface area contributed by atoms with E-state index in [-0.39, 0.29) is 18.7 Å². The van der Waals surface area contributed by atoms with Gasteiger partial charge in [-0.3, -0.25) is 9.89 Å². The molecule has 2 aromatic rings. The number of aliphatic hydroxyl groups is 1. The second kappa shape index (κ2) is 6.94. The molecule has 0 aliphatic rings. The number of carbonyl (C=O) groups excluding carboxylic acids is 1. The normalized spacial score (nSPS) is 10.9. The standard InChI is InChI=1S/C14H15F2N3O2/c15-12(16)9-19(6-7-20)14(21)11-8-17-18-13(11)10-4-2-1-3-5-10/h1-5,8,12,20H,6-7,9H2,(H,17,18). The van der Waals surface area contributed by atoms with E-state index in [0.29, 0.717) is 5.69 Å². The van der Waals surface area contributed by atoms with Gasteiger partial charge in [0, 0.05) is 12.1 Å². The number of alkyl halides is 2. The van der Waals surface area contributed by atoms with Gasteiger partial charge >= 0.3 is 0 Å². The smallest absolute Gasteiger partial charge is 0.257 e. The van der Waals surface area contributed by atoms with Crippen molar-refractivity contribution in [3.8, 4) is 11.3 Å². The maximum atomic E-state index is 12.5. The summed E-state index contributed by atoms with van der Waals surface area (Å²) in [7, 11) is 0. The molecule has 1 aromatic heterocycles. The molecule has 2 rings (SSSR count). The highest BCUT2D eigenvalue weighted by molar-refractivity contribution is 5.99. The van der Waals surface area contributed by atoms with Crippen molar-refractivity contribution in [2.24, 2.45) is 0 Å². The van der Waals surface area contributed by atoms with Gasteiger partial charge < -0.3 is 10.0 Å². The van der Waals surface area contributed by atoms with Gasteiger partial charge in [-0.25, -0.2) is 8.78 Å². The quantitative estimate of drug-likeness (QED) is 0.853. The van der Waals surface area contributed by atoms with Crippen LogP contribution in [0.3, 0.4) is 0 Å². The minimum atomic E-state index is -2.66. The predicted molar refractivity (Wildman–Crippen MR) is 73.0 cm³/mol. The summed E-state index contributed by atoms with van der Waals surface area (Å²) in [4.78, 5) is 13.3. The van der Waals surface area contributed by atoms with E-state index in [1.165, 1.54) is 6.20 Å². The second-order valence-electron chi connectivity index (χ2n) is 4.39. The average molecular weight is 295 g/mol. The fourth-order valence-corrected chi connectivity index (χ4v) is 2.01. The van der Waals surface area contributed by atoms with E-state index in [4.69, 9.17) is 5.11 Å². The molecule has 0 unspecified atom stereocenters. The SMILES string of the molecule is O=C(c1cn[nH]c1-c1ccccc1)N(CCO)CC(F)F. The summed E-state index contributed by atoms with van der Waals surface area (Å²) >= 11 is 0. The zero-order valence-electron chi connectivity index (χ0n) is 11.2. The molecule has 112 valence electrons. The molecule has 0 saturated heterocycles. The molecular formula is C14H15F2N3O2. The molecule has 0 bridgehead atoms. The lowest BCUT2D eigenvalue weighted by Gasteiger charge is -2.21. The maximum absolute atomic E-state index is 12.5. The summed E-state index contributed by atoms with van der Waals surface area (Å²) in [5, 5.41) is 15.4. The van der Waals surface area contributed by atoms with Crippen LogP contribution in [0.2, 0.25) is 0 Å². The number of aromatic nitrogens is 2. The molecule has 1 heterocycles. The summed E-state index contributed by atoms with van der Waals surface area (Å²) in [6, 6.07) is 9.00. The van der Waals surface area contributed by atoms with Crippen LogP contribution in [0.5, 0.6) is 0 Å². The molecule has 0 saturated carbocycles. The topological polar surface area (TPSA) is 69.2 Å². The fraction of sp³-hybridized carbons (Fsp3) is 0.286. The molecule has 0 aliphatic heterocycles. The summed E-state index contributed by atoms with van der Waals surface area (Å²) < 4.78 is 25.1. The third kappa shape index (κ3) is 3.63. The zero-order valence-corrected chi connectivity index (χ0v) is 11.2. The van der Waals surface area contributed by atoms with Crippen molar-refractivity contribution in [3.63, 3.8) is 0 Å². The first-order valence-electron chi connectivity index (χ1n) is 6.40. The van der Waals surface area contributed by atoms with Crippen molar-refractivity contribution in [2.45, 2.75) is 6.43 Å². The number of halogens is 2. The number of nitrogens with zero attached hydrogens (tertiary/aromatic N) is 2. The number of nitrogens with one attached hydrogen (secondary N) is 1. The van der Waals surface area contributed by atoms with Gasteiger partial charge in [0.2, 0.25) is 0 Å². The van der Waals surface area contributed by atoms with Crippen LogP contribution in [0.4, 0.5) is 8.78 Å². The number of aromatic amines is 1. The Morgan fingerprint density at radius 1 is 1.33 bits per heavy atom. The molecule has 0 fully saturated rings. The number of hydrogen-bond donors (Lipinski definition) is 2.